The van der Waals surface area contributed by atoms with Gasteiger partial charge in [-0.15, -0.1) is 0 Å². The standard InChI is InChI=1S/C23H33N5O5/c1-3-17-5-7-18(8-6-17)25-20(29)15-19-22(31)24-9-10-28(19)21(30)16-26-11-13-27(14-12-26)23(32)33-4-2/h5-8,19H,3-4,9-16H2,1-2H3,(H,24,31)(H,25,29)/t19-/m0/s1. The molecule has 2 fully saturated rings. The lowest BCUT2D eigenvalue weighted by atomic mass is 10.1. The van der Waals surface area contributed by atoms with Crippen molar-refractivity contribution < 1.29 is 23.9 Å². The summed E-state index contributed by atoms with van der Waals surface area (Å²) in [5, 5.41) is 5.56. The van der Waals surface area contributed by atoms with E-state index in [9.17, 15) is 19.2 Å². The van der Waals surface area contributed by atoms with Crippen LogP contribution in [0.15, 0.2) is 24.3 Å². The first-order valence-corrected chi connectivity index (χ1v) is 11.5. The van der Waals surface area contributed by atoms with Gasteiger partial charge in [-0.05, 0) is 31.0 Å². The first-order valence-electron chi connectivity index (χ1n) is 11.5. The van der Waals surface area contributed by atoms with Crippen LogP contribution >= 0.6 is 0 Å². The molecular formula is C23H33N5O5. The summed E-state index contributed by atoms with van der Waals surface area (Å²) in [5.41, 5.74) is 1.82. The second kappa shape index (κ2) is 11.6. The molecule has 1 aromatic carbocycles. The van der Waals surface area contributed by atoms with Crippen LogP contribution in [0, 0.1) is 0 Å². The van der Waals surface area contributed by atoms with Gasteiger partial charge in [-0.25, -0.2) is 4.79 Å². The molecule has 0 bridgehead atoms. The van der Waals surface area contributed by atoms with E-state index >= 15 is 0 Å². The molecule has 10 nitrogen and oxygen atoms in total. The van der Waals surface area contributed by atoms with E-state index in [-0.39, 0.29) is 36.8 Å². The number of aryl methyl sites for hydroxylation is 1. The van der Waals surface area contributed by atoms with Crippen molar-refractivity contribution in [2.24, 2.45) is 0 Å². The van der Waals surface area contributed by atoms with Gasteiger partial charge in [0.15, 0.2) is 0 Å². The number of hydrogen-bond donors (Lipinski definition) is 2. The van der Waals surface area contributed by atoms with E-state index in [1.165, 1.54) is 10.5 Å². The molecule has 1 atom stereocenters. The molecule has 2 aliphatic heterocycles. The average Bonchev–Trinajstić information content (AvgIpc) is 2.81. The lowest BCUT2D eigenvalue weighted by Gasteiger charge is -2.38. The van der Waals surface area contributed by atoms with E-state index in [1.54, 1.807) is 11.8 Å². The molecule has 0 aromatic heterocycles. The van der Waals surface area contributed by atoms with Crippen LogP contribution in [0.3, 0.4) is 0 Å². The molecule has 10 heteroatoms. The van der Waals surface area contributed by atoms with Gasteiger partial charge >= 0.3 is 6.09 Å². The molecule has 0 radical (unpaired) electrons. The number of rotatable bonds is 7. The van der Waals surface area contributed by atoms with Crippen LogP contribution in [0.25, 0.3) is 0 Å². The Morgan fingerprint density at radius 1 is 1.06 bits per heavy atom. The normalized spacial score (nSPS) is 19.1. The van der Waals surface area contributed by atoms with Crippen molar-refractivity contribution in [2.75, 3.05) is 57.7 Å². The SMILES string of the molecule is CCOC(=O)N1CCN(CC(=O)N2CCNC(=O)[C@@H]2CC(=O)Nc2ccc(CC)cc2)CC1. The second-order valence-corrected chi connectivity index (χ2v) is 8.16. The summed E-state index contributed by atoms with van der Waals surface area (Å²) in [6.07, 6.45) is 0.460. The summed E-state index contributed by atoms with van der Waals surface area (Å²) in [6.45, 7) is 7.06. The van der Waals surface area contributed by atoms with Gasteiger partial charge in [0.25, 0.3) is 0 Å². The van der Waals surface area contributed by atoms with Crippen molar-refractivity contribution in [3.05, 3.63) is 29.8 Å². The predicted molar refractivity (Wildman–Crippen MR) is 123 cm³/mol. The van der Waals surface area contributed by atoms with Crippen LogP contribution in [-0.4, -0.2) is 97.0 Å². The Balaban J connectivity index is 1.54. The van der Waals surface area contributed by atoms with Gasteiger partial charge in [0.2, 0.25) is 17.7 Å². The van der Waals surface area contributed by atoms with Crippen molar-refractivity contribution in [1.82, 2.24) is 20.0 Å². The number of carbonyl (C=O) groups excluding carboxylic acids is 4. The molecule has 33 heavy (non-hydrogen) atoms. The van der Waals surface area contributed by atoms with Gasteiger partial charge in [0, 0.05) is 45.0 Å². The number of hydrogen-bond acceptors (Lipinski definition) is 6. The predicted octanol–water partition coefficient (Wildman–Crippen LogP) is 0.679. The first-order chi connectivity index (χ1) is 15.9. The number of amides is 4. The van der Waals surface area contributed by atoms with E-state index in [0.29, 0.717) is 51.6 Å². The first kappa shape index (κ1) is 24.5. The van der Waals surface area contributed by atoms with E-state index < -0.39 is 6.04 Å². The summed E-state index contributed by atoms with van der Waals surface area (Å²) < 4.78 is 5.02. The Labute approximate surface area is 194 Å². The van der Waals surface area contributed by atoms with Crippen molar-refractivity contribution in [1.29, 1.82) is 0 Å². The van der Waals surface area contributed by atoms with Gasteiger partial charge in [-0.2, -0.15) is 0 Å². The Kier molecular flexibility index (Phi) is 8.65. The zero-order valence-corrected chi connectivity index (χ0v) is 19.3. The smallest absolute Gasteiger partial charge is 0.409 e. The minimum Gasteiger partial charge on any atom is -0.450 e. The van der Waals surface area contributed by atoms with E-state index in [4.69, 9.17) is 4.74 Å². The highest BCUT2D eigenvalue weighted by Crippen LogP contribution is 2.15. The number of carbonyl (C=O) groups is 4. The summed E-state index contributed by atoms with van der Waals surface area (Å²) >= 11 is 0. The molecule has 0 unspecified atom stereocenters. The lowest BCUT2D eigenvalue weighted by Crippen LogP contribution is -2.60. The summed E-state index contributed by atoms with van der Waals surface area (Å²) in [4.78, 5) is 55.0. The molecular weight excluding hydrogens is 426 g/mol. The quantitative estimate of drug-likeness (QED) is 0.620. The maximum absolute atomic E-state index is 13.0. The molecule has 2 saturated heterocycles. The van der Waals surface area contributed by atoms with E-state index in [1.807, 2.05) is 29.2 Å². The fourth-order valence-electron chi connectivity index (χ4n) is 4.01. The zero-order valence-electron chi connectivity index (χ0n) is 19.3. The minimum absolute atomic E-state index is 0.107. The van der Waals surface area contributed by atoms with Crippen LogP contribution in [0.2, 0.25) is 0 Å². The molecule has 0 spiro atoms. The van der Waals surface area contributed by atoms with Gasteiger partial charge in [-0.3, -0.25) is 19.3 Å². The van der Waals surface area contributed by atoms with Crippen molar-refractivity contribution in [3.63, 3.8) is 0 Å². The zero-order chi connectivity index (χ0) is 23.8. The van der Waals surface area contributed by atoms with Crippen LogP contribution in [0.4, 0.5) is 10.5 Å². The molecule has 2 heterocycles. The number of nitrogens with one attached hydrogen (secondary N) is 2. The van der Waals surface area contributed by atoms with Crippen LogP contribution in [0.5, 0.6) is 0 Å². The highest BCUT2D eigenvalue weighted by Gasteiger charge is 2.35. The van der Waals surface area contributed by atoms with Gasteiger partial charge < -0.3 is 25.2 Å². The summed E-state index contributed by atoms with van der Waals surface area (Å²) in [5.74, 6) is -0.833. The maximum atomic E-state index is 13.0. The molecule has 0 saturated carbocycles. The van der Waals surface area contributed by atoms with Crippen molar-refractivity contribution >= 4 is 29.5 Å². The van der Waals surface area contributed by atoms with E-state index in [2.05, 4.69) is 17.6 Å². The molecule has 2 aliphatic rings. The summed E-state index contributed by atoms with van der Waals surface area (Å²) in [6, 6.07) is 6.70. The van der Waals surface area contributed by atoms with Crippen molar-refractivity contribution in [2.45, 2.75) is 32.7 Å². The number of nitrogens with zero attached hydrogens (tertiary/aromatic N) is 3. The second-order valence-electron chi connectivity index (χ2n) is 8.16. The van der Waals surface area contributed by atoms with Crippen molar-refractivity contribution in [3.8, 4) is 0 Å². The Morgan fingerprint density at radius 3 is 2.39 bits per heavy atom. The third-order valence-corrected chi connectivity index (χ3v) is 5.93. The highest BCUT2D eigenvalue weighted by atomic mass is 16.6. The van der Waals surface area contributed by atoms with Crippen LogP contribution in [-0.2, 0) is 25.5 Å². The number of ether oxygens (including phenoxy) is 1. The average molecular weight is 460 g/mol. The largest absolute Gasteiger partial charge is 0.450 e. The molecule has 1 aromatic rings. The number of benzene rings is 1. The van der Waals surface area contributed by atoms with E-state index in [0.717, 1.165) is 6.42 Å². The van der Waals surface area contributed by atoms with Crippen LogP contribution < -0.4 is 10.6 Å². The minimum atomic E-state index is -0.845. The molecule has 0 aliphatic carbocycles. The molecule has 3 rings (SSSR count). The Bertz CT molecular complexity index is 851. The fraction of sp³-hybridized carbons (Fsp3) is 0.565. The number of anilines is 1. The number of piperazine rings is 2. The highest BCUT2D eigenvalue weighted by molar-refractivity contribution is 5.97. The topological polar surface area (TPSA) is 111 Å². The molecule has 4 amide bonds. The van der Waals surface area contributed by atoms with Gasteiger partial charge in [0.1, 0.15) is 6.04 Å². The van der Waals surface area contributed by atoms with Gasteiger partial charge in [-0.1, -0.05) is 19.1 Å². The molecule has 180 valence electrons. The maximum Gasteiger partial charge on any atom is 0.409 e. The van der Waals surface area contributed by atoms with Crippen LogP contribution in [0.1, 0.15) is 25.8 Å². The third-order valence-electron chi connectivity index (χ3n) is 5.93. The lowest BCUT2D eigenvalue weighted by molar-refractivity contribution is -0.145. The van der Waals surface area contributed by atoms with Gasteiger partial charge in [0.05, 0.1) is 19.6 Å². The molecule has 2 N–H and O–H groups in total. The summed E-state index contributed by atoms with van der Waals surface area (Å²) in [7, 11) is 0. The Morgan fingerprint density at radius 2 is 1.76 bits per heavy atom. The monoisotopic (exact) mass is 459 g/mol. The third kappa shape index (κ3) is 6.67. The Hall–Kier alpha value is -3.14. The fourth-order valence-corrected chi connectivity index (χ4v) is 4.01.